The average Bonchev–Trinajstić information content (AvgIpc) is 3.33. The number of aryl methyl sites for hydroxylation is 1. The van der Waals surface area contributed by atoms with Crippen molar-refractivity contribution in [1.29, 1.82) is 0 Å². The van der Waals surface area contributed by atoms with E-state index < -0.39 is 12.1 Å². The molecule has 0 fully saturated rings. The van der Waals surface area contributed by atoms with Gasteiger partial charge < -0.3 is 20.1 Å². The van der Waals surface area contributed by atoms with Crippen LogP contribution in [0.4, 0.5) is 10.7 Å². The van der Waals surface area contributed by atoms with Crippen molar-refractivity contribution in [1.82, 2.24) is 0 Å². The fourth-order valence-electron chi connectivity index (χ4n) is 3.68. The van der Waals surface area contributed by atoms with E-state index in [0.29, 0.717) is 33.1 Å². The lowest BCUT2D eigenvalue weighted by atomic mass is 10.0. The average molecular weight is 529 g/mol. The molecule has 0 aliphatic carbocycles. The fourth-order valence-corrected chi connectivity index (χ4v) is 4.64. The second-order valence-corrected chi connectivity index (χ2v) is 9.41. The van der Waals surface area contributed by atoms with Crippen LogP contribution in [0.25, 0.3) is 11.1 Å². The molecule has 1 aromatic heterocycles. The molecule has 1 heterocycles. The van der Waals surface area contributed by atoms with E-state index in [2.05, 4.69) is 10.6 Å². The first kappa shape index (κ1) is 26.6. The highest BCUT2D eigenvalue weighted by Gasteiger charge is 2.23. The van der Waals surface area contributed by atoms with Gasteiger partial charge in [0, 0.05) is 22.2 Å². The summed E-state index contributed by atoms with van der Waals surface area (Å²) in [5.41, 5.74) is 4.05. The van der Waals surface area contributed by atoms with Crippen molar-refractivity contribution in [3.05, 3.63) is 101 Å². The molecule has 0 bridgehead atoms. The molecule has 0 saturated heterocycles. The molecule has 38 heavy (non-hydrogen) atoms. The summed E-state index contributed by atoms with van der Waals surface area (Å²) in [6.45, 7) is 5.60. The topological polar surface area (TPSA) is 93.7 Å². The lowest BCUT2D eigenvalue weighted by Crippen LogP contribution is -2.30. The number of nitrogens with one attached hydrogen (secondary N) is 2. The maximum absolute atomic E-state index is 13.0. The van der Waals surface area contributed by atoms with Crippen LogP contribution in [-0.2, 0) is 9.53 Å². The van der Waals surface area contributed by atoms with Gasteiger partial charge in [-0.05, 0) is 62.7 Å². The van der Waals surface area contributed by atoms with Crippen LogP contribution in [0.15, 0.2) is 84.2 Å². The fraction of sp³-hybridized carbons (Fsp3) is 0.167. The summed E-state index contributed by atoms with van der Waals surface area (Å²) in [7, 11) is 0. The van der Waals surface area contributed by atoms with E-state index in [4.69, 9.17) is 9.47 Å². The molecule has 0 unspecified atom stereocenters. The third-order valence-electron chi connectivity index (χ3n) is 5.70. The molecule has 0 aliphatic heterocycles. The largest absolute Gasteiger partial charge is 0.481 e. The van der Waals surface area contributed by atoms with Gasteiger partial charge in [-0.2, -0.15) is 0 Å². The number of anilines is 2. The van der Waals surface area contributed by atoms with Crippen molar-refractivity contribution in [2.75, 3.05) is 17.2 Å². The van der Waals surface area contributed by atoms with E-state index in [1.807, 2.05) is 54.8 Å². The molecular weight excluding hydrogens is 500 g/mol. The lowest BCUT2D eigenvalue weighted by molar-refractivity contribution is -0.122. The smallest absolute Gasteiger partial charge is 0.341 e. The Labute approximate surface area is 225 Å². The highest BCUT2D eigenvalue weighted by atomic mass is 32.1. The Morgan fingerprint density at radius 2 is 1.58 bits per heavy atom. The van der Waals surface area contributed by atoms with Gasteiger partial charge in [-0.3, -0.25) is 9.59 Å². The first-order chi connectivity index (χ1) is 18.4. The number of rotatable bonds is 9. The number of esters is 1. The minimum absolute atomic E-state index is 0.221. The lowest BCUT2D eigenvalue weighted by Gasteiger charge is -2.15. The van der Waals surface area contributed by atoms with E-state index in [-0.39, 0.29) is 18.4 Å². The summed E-state index contributed by atoms with van der Waals surface area (Å²) in [5, 5.41) is 7.89. The Kier molecular flexibility index (Phi) is 8.55. The monoisotopic (exact) mass is 528 g/mol. The summed E-state index contributed by atoms with van der Waals surface area (Å²) in [5.74, 6) is -0.714. The van der Waals surface area contributed by atoms with Crippen LogP contribution in [0, 0.1) is 6.92 Å². The summed E-state index contributed by atoms with van der Waals surface area (Å²) in [6, 6.07) is 23.4. The first-order valence-electron chi connectivity index (χ1n) is 12.2. The van der Waals surface area contributed by atoms with Gasteiger partial charge in [-0.1, -0.05) is 48.0 Å². The SMILES string of the molecule is CCOC(=O)c1c(-c2ccc(C)cc2)csc1NC(=O)c1ccc(O[C@H](C)C(=O)Nc2ccccc2)cc1. The van der Waals surface area contributed by atoms with Crippen molar-refractivity contribution in [2.45, 2.75) is 26.9 Å². The number of para-hydroxylation sites is 1. The molecule has 2 N–H and O–H groups in total. The molecule has 0 aliphatic rings. The molecule has 4 aromatic rings. The Bertz CT molecular complexity index is 1410. The number of hydrogen-bond donors (Lipinski definition) is 2. The zero-order valence-electron chi connectivity index (χ0n) is 21.3. The van der Waals surface area contributed by atoms with E-state index in [1.165, 1.54) is 11.3 Å². The third kappa shape index (κ3) is 6.46. The second kappa shape index (κ2) is 12.2. The van der Waals surface area contributed by atoms with E-state index in [0.717, 1.165) is 11.1 Å². The Morgan fingerprint density at radius 3 is 2.24 bits per heavy atom. The van der Waals surface area contributed by atoms with Crippen LogP contribution in [0.2, 0.25) is 0 Å². The van der Waals surface area contributed by atoms with Crippen LogP contribution < -0.4 is 15.4 Å². The minimum Gasteiger partial charge on any atom is -0.481 e. The molecule has 7 nitrogen and oxygen atoms in total. The molecule has 8 heteroatoms. The predicted octanol–water partition coefficient (Wildman–Crippen LogP) is 6.56. The number of carbonyl (C=O) groups is 3. The highest BCUT2D eigenvalue weighted by Crippen LogP contribution is 2.36. The molecule has 1 atom stereocenters. The van der Waals surface area contributed by atoms with Crippen LogP contribution >= 0.6 is 11.3 Å². The number of amides is 2. The molecule has 194 valence electrons. The number of hydrogen-bond acceptors (Lipinski definition) is 6. The predicted molar refractivity (Wildman–Crippen MR) is 150 cm³/mol. The minimum atomic E-state index is -0.742. The quantitative estimate of drug-likeness (QED) is 0.240. The van der Waals surface area contributed by atoms with Gasteiger partial charge in [-0.25, -0.2) is 4.79 Å². The molecule has 3 aromatic carbocycles. The second-order valence-electron chi connectivity index (χ2n) is 8.53. The third-order valence-corrected chi connectivity index (χ3v) is 6.60. The number of thiophene rings is 1. The van der Waals surface area contributed by atoms with Crippen LogP contribution in [0.5, 0.6) is 5.75 Å². The molecule has 0 spiro atoms. The Morgan fingerprint density at radius 1 is 0.895 bits per heavy atom. The van der Waals surface area contributed by atoms with Crippen molar-refractivity contribution in [3.63, 3.8) is 0 Å². The Hall–Kier alpha value is -4.43. The summed E-state index contributed by atoms with van der Waals surface area (Å²) in [6.07, 6.45) is -0.742. The van der Waals surface area contributed by atoms with Crippen LogP contribution in [0.1, 0.15) is 40.1 Å². The van der Waals surface area contributed by atoms with E-state index >= 15 is 0 Å². The van der Waals surface area contributed by atoms with Crippen LogP contribution in [-0.4, -0.2) is 30.5 Å². The standard InChI is InChI=1S/C30H28N2O5S/c1-4-36-30(35)26-25(21-12-10-19(2)11-13-21)18-38-29(26)32-28(34)22-14-16-24(17-15-22)37-20(3)27(33)31-23-8-6-5-7-9-23/h5-18,20H,4H2,1-3H3,(H,31,33)(H,32,34)/t20-/m1/s1. The number of benzene rings is 3. The molecule has 0 radical (unpaired) electrons. The molecule has 0 saturated carbocycles. The van der Waals surface area contributed by atoms with Gasteiger partial charge in [-0.15, -0.1) is 11.3 Å². The van der Waals surface area contributed by atoms with Crippen molar-refractivity contribution in [3.8, 4) is 16.9 Å². The van der Waals surface area contributed by atoms with Crippen molar-refractivity contribution >= 4 is 39.8 Å². The van der Waals surface area contributed by atoms with Gasteiger partial charge in [0.1, 0.15) is 16.3 Å². The normalized spacial score (nSPS) is 11.3. The number of ether oxygens (including phenoxy) is 2. The van der Waals surface area contributed by atoms with E-state index in [9.17, 15) is 14.4 Å². The summed E-state index contributed by atoms with van der Waals surface area (Å²) >= 11 is 1.27. The number of carbonyl (C=O) groups excluding carboxylic acids is 3. The maximum atomic E-state index is 13.0. The van der Waals surface area contributed by atoms with E-state index in [1.54, 1.807) is 50.2 Å². The highest BCUT2D eigenvalue weighted by molar-refractivity contribution is 7.15. The van der Waals surface area contributed by atoms with Gasteiger partial charge in [0.05, 0.1) is 6.61 Å². The van der Waals surface area contributed by atoms with Gasteiger partial charge in [0.15, 0.2) is 6.10 Å². The van der Waals surface area contributed by atoms with Crippen LogP contribution in [0.3, 0.4) is 0 Å². The summed E-state index contributed by atoms with van der Waals surface area (Å²) < 4.78 is 11.0. The van der Waals surface area contributed by atoms with Crippen molar-refractivity contribution in [2.24, 2.45) is 0 Å². The van der Waals surface area contributed by atoms with Gasteiger partial charge in [0.25, 0.3) is 11.8 Å². The van der Waals surface area contributed by atoms with Gasteiger partial charge >= 0.3 is 5.97 Å². The molecule has 2 amide bonds. The molecule has 4 rings (SSSR count). The first-order valence-corrected chi connectivity index (χ1v) is 13.0. The van der Waals surface area contributed by atoms with Crippen molar-refractivity contribution < 1.29 is 23.9 Å². The molecular formula is C30H28N2O5S. The summed E-state index contributed by atoms with van der Waals surface area (Å²) in [4.78, 5) is 38.2. The van der Waals surface area contributed by atoms with Gasteiger partial charge in [0.2, 0.25) is 0 Å². The Balaban J connectivity index is 1.45. The zero-order valence-corrected chi connectivity index (χ0v) is 22.1. The maximum Gasteiger partial charge on any atom is 0.341 e. The zero-order chi connectivity index (χ0) is 27.1.